The average molecular weight is 334 g/mol. The summed E-state index contributed by atoms with van der Waals surface area (Å²) in [5, 5.41) is 5.53. The Bertz CT molecular complexity index is 523. The number of carbonyl (C=O) groups is 1. The number of benzene rings is 1. The van der Waals surface area contributed by atoms with Crippen molar-refractivity contribution in [1.82, 2.24) is 10.2 Å². The van der Waals surface area contributed by atoms with Crippen molar-refractivity contribution in [3.05, 3.63) is 23.2 Å². The monoisotopic (exact) mass is 333 g/mol. The standard InChI is InChI=1S/C14H18ClF2N3O2/c1-20-6-4-9(5-7-20)18-14(21)19-10-2-3-12(11(15)8-10)22-13(16)17/h2-3,8-9,13H,4-7H2,1H3,(H2,18,19,21). The van der Waals surface area contributed by atoms with E-state index in [9.17, 15) is 13.6 Å². The zero-order chi connectivity index (χ0) is 16.1. The minimum atomic E-state index is -2.94. The summed E-state index contributed by atoms with van der Waals surface area (Å²) in [5.41, 5.74) is 0.414. The Morgan fingerprint density at radius 3 is 2.68 bits per heavy atom. The van der Waals surface area contributed by atoms with Crippen molar-refractivity contribution >= 4 is 23.3 Å². The van der Waals surface area contributed by atoms with Crippen LogP contribution in [0.15, 0.2) is 18.2 Å². The van der Waals surface area contributed by atoms with Crippen molar-refractivity contribution in [3.63, 3.8) is 0 Å². The van der Waals surface area contributed by atoms with E-state index in [2.05, 4.69) is 20.3 Å². The number of urea groups is 1. The Labute approximate surface area is 132 Å². The van der Waals surface area contributed by atoms with Gasteiger partial charge in [0.05, 0.1) is 5.02 Å². The number of hydrogen-bond acceptors (Lipinski definition) is 3. The Kier molecular flexibility index (Phi) is 5.79. The van der Waals surface area contributed by atoms with Gasteiger partial charge in [-0.3, -0.25) is 0 Å². The molecule has 5 nitrogen and oxygen atoms in total. The van der Waals surface area contributed by atoms with E-state index in [0.717, 1.165) is 25.9 Å². The van der Waals surface area contributed by atoms with Gasteiger partial charge in [0.2, 0.25) is 0 Å². The van der Waals surface area contributed by atoms with Gasteiger partial charge < -0.3 is 20.3 Å². The lowest BCUT2D eigenvalue weighted by atomic mass is 10.1. The molecule has 0 aliphatic carbocycles. The smallest absolute Gasteiger partial charge is 0.387 e. The normalized spacial score (nSPS) is 16.6. The van der Waals surface area contributed by atoms with Crippen LogP contribution in [0.5, 0.6) is 5.75 Å². The van der Waals surface area contributed by atoms with E-state index in [4.69, 9.17) is 11.6 Å². The number of carbonyl (C=O) groups excluding carboxylic acids is 1. The molecule has 1 aliphatic heterocycles. The number of likely N-dealkylation sites (tertiary alicyclic amines) is 1. The van der Waals surface area contributed by atoms with Crippen LogP contribution in [-0.2, 0) is 0 Å². The molecule has 0 spiro atoms. The molecule has 1 heterocycles. The number of amides is 2. The molecule has 1 aromatic rings. The molecule has 0 saturated carbocycles. The van der Waals surface area contributed by atoms with Crippen molar-refractivity contribution in [2.75, 3.05) is 25.5 Å². The van der Waals surface area contributed by atoms with Gasteiger partial charge >= 0.3 is 12.6 Å². The molecule has 22 heavy (non-hydrogen) atoms. The highest BCUT2D eigenvalue weighted by Gasteiger charge is 2.18. The Balaban J connectivity index is 1.87. The summed E-state index contributed by atoms with van der Waals surface area (Å²) in [7, 11) is 2.04. The summed E-state index contributed by atoms with van der Waals surface area (Å²) in [6.45, 7) is -1.06. The minimum Gasteiger partial charge on any atom is -0.433 e. The molecule has 122 valence electrons. The fourth-order valence-electron chi connectivity index (χ4n) is 2.28. The third kappa shape index (κ3) is 4.99. The number of nitrogens with zero attached hydrogens (tertiary/aromatic N) is 1. The van der Waals surface area contributed by atoms with Crippen molar-refractivity contribution < 1.29 is 18.3 Å². The van der Waals surface area contributed by atoms with E-state index in [1.165, 1.54) is 18.2 Å². The number of halogens is 3. The predicted molar refractivity (Wildman–Crippen MR) is 80.8 cm³/mol. The lowest BCUT2D eigenvalue weighted by Gasteiger charge is -2.29. The molecule has 0 aromatic heterocycles. The summed E-state index contributed by atoms with van der Waals surface area (Å²) in [6.07, 6.45) is 1.79. The van der Waals surface area contributed by atoms with Crippen molar-refractivity contribution in [3.8, 4) is 5.75 Å². The number of nitrogens with one attached hydrogen (secondary N) is 2. The number of rotatable bonds is 4. The van der Waals surface area contributed by atoms with Gasteiger partial charge in [-0.15, -0.1) is 0 Å². The second-order valence-electron chi connectivity index (χ2n) is 5.20. The quantitative estimate of drug-likeness (QED) is 0.890. The van der Waals surface area contributed by atoms with Crippen LogP contribution in [0, 0.1) is 0 Å². The summed E-state index contributed by atoms with van der Waals surface area (Å²) in [6, 6.07) is 3.91. The molecular formula is C14H18ClF2N3O2. The highest BCUT2D eigenvalue weighted by molar-refractivity contribution is 6.32. The topological polar surface area (TPSA) is 53.6 Å². The van der Waals surface area contributed by atoms with Gasteiger partial charge in [-0.05, 0) is 51.2 Å². The maximum Gasteiger partial charge on any atom is 0.387 e. The number of hydrogen-bond donors (Lipinski definition) is 2. The number of ether oxygens (including phenoxy) is 1. The van der Waals surface area contributed by atoms with Crippen LogP contribution in [-0.4, -0.2) is 43.7 Å². The van der Waals surface area contributed by atoms with Gasteiger partial charge in [-0.2, -0.15) is 8.78 Å². The summed E-state index contributed by atoms with van der Waals surface area (Å²) in [4.78, 5) is 14.1. The number of anilines is 1. The molecule has 2 amide bonds. The van der Waals surface area contributed by atoms with E-state index in [-0.39, 0.29) is 22.8 Å². The third-order valence-corrected chi connectivity index (χ3v) is 3.75. The highest BCUT2D eigenvalue weighted by atomic mass is 35.5. The molecule has 0 unspecified atom stereocenters. The highest BCUT2D eigenvalue weighted by Crippen LogP contribution is 2.28. The molecule has 0 atom stereocenters. The molecular weight excluding hydrogens is 316 g/mol. The second kappa shape index (κ2) is 7.60. The molecule has 0 bridgehead atoms. The fourth-order valence-corrected chi connectivity index (χ4v) is 2.50. The second-order valence-corrected chi connectivity index (χ2v) is 5.61. The Hall–Kier alpha value is -1.60. The van der Waals surface area contributed by atoms with Crippen LogP contribution in [0.2, 0.25) is 5.02 Å². The predicted octanol–water partition coefficient (Wildman–Crippen LogP) is 3.16. The van der Waals surface area contributed by atoms with E-state index in [1.54, 1.807) is 0 Å². The molecule has 1 saturated heterocycles. The molecule has 2 N–H and O–H groups in total. The van der Waals surface area contributed by atoms with Crippen LogP contribution in [0.25, 0.3) is 0 Å². The van der Waals surface area contributed by atoms with Crippen molar-refractivity contribution in [2.24, 2.45) is 0 Å². The molecule has 1 aliphatic rings. The van der Waals surface area contributed by atoms with Gasteiger partial charge in [0, 0.05) is 11.7 Å². The van der Waals surface area contributed by atoms with Gasteiger partial charge in [-0.25, -0.2) is 4.79 Å². The number of piperidine rings is 1. The van der Waals surface area contributed by atoms with E-state index < -0.39 is 6.61 Å². The Morgan fingerprint density at radius 1 is 1.41 bits per heavy atom. The van der Waals surface area contributed by atoms with E-state index >= 15 is 0 Å². The van der Waals surface area contributed by atoms with E-state index in [0.29, 0.717) is 5.69 Å². The largest absolute Gasteiger partial charge is 0.433 e. The minimum absolute atomic E-state index is 0.0115. The van der Waals surface area contributed by atoms with Gasteiger partial charge in [-0.1, -0.05) is 11.6 Å². The summed E-state index contributed by atoms with van der Waals surface area (Å²) in [5.74, 6) is -0.127. The summed E-state index contributed by atoms with van der Waals surface area (Å²) < 4.78 is 28.5. The molecule has 1 fully saturated rings. The first-order valence-electron chi connectivity index (χ1n) is 6.94. The lowest BCUT2D eigenvalue weighted by Crippen LogP contribution is -2.44. The first kappa shape index (κ1) is 16.8. The van der Waals surface area contributed by atoms with Crippen LogP contribution < -0.4 is 15.4 Å². The van der Waals surface area contributed by atoms with Crippen LogP contribution in [0.3, 0.4) is 0 Å². The SMILES string of the molecule is CN1CCC(NC(=O)Nc2ccc(OC(F)F)c(Cl)c2)CC1. The summed E-state index contributed by atoms with van der Waals surface area (Å²) >= 11 is 5.83. The maximum atomic E-state index is 12.1. The van der Waals surface area contributed by atoms with Crippen LogP contribution in [0.4, 0.5) is 19.3 Å². The first-order chi connectivity index (χ1) is 10.4. The van der Waals surface area contributed by atoms with Crippen LogP contribution in [0.1, 0.15) is 12.8 Å². The molecule has 0 radical (unpaired) electrons. The Morgan fingerprint density at radius 2 is 2.09 bits per heavy atom. The number of alkyl halides is 2. The fraction of sp³-hybridized carbons (Fsp3) is 0.500. The molecule has 2 rings (SSSR count). The zero-order valence-corrected chi connectivity index (χ0v) is 12.9. The van der Waals surface area contributed by atoms with Gasteiger partial charge in [0.15, 0.2) is 0 Å². The van der Waals surface area contributed by atoms with Crippen molar-refractivity contribution in [1.29, 1.82) is 0 Å². The third-order valence-electron chi connectivity index (χ3n) is 3.46. The average Bonchev–Trinajstić information content (AvgIpc) is 2.44. The maximum absolute atomic E-state index is 12.1. The van der Waals surface area contributed by atoms with Crippen LogP contribution >= 0.6 is 11.6 Å². The first-order valence-corrected chi connectivity index (χ1v) is 7.32. The lowest BCUT2D eigenvalue weighted by molar-refractivity contribution is -0.0497. The van der Waals surface area contributed by atoms with E-state index in [1.807, 2.05) is 7.05 Å². The molecule has 1 aromatic carbocycles. The van der Waals surface area contributed by atoms with Gasteiger partial charge in [0.1, 0.15) is 5.75 Å². The van der Waals surface area contributed by atoms with Crippen molar-refractivity contribution in [2.45, 2.75) is 25.5 Å². The van der Waals surface area contributed by atoms with Gasteiger partial charge in [0.25, 0.3) is 0 Å². The molecule has 8 heteroatoms. The zero-order valence-electron chi connectivity index (χ0n) is 12.1.